The van der Waals surface area contributed by atoms with Crippen LogP contribution in [0.5, 0.6) is 0 Å². The van der Waals surface area contributed by atoms with Crippen molar-refractivity contribution in [2.24, 2.45) is 0 Å². The normalized spacial score (nSPS) is 14.9. The Morgan fingerprint density at radius 1 is 1.26 bits per heavy atom. The lowest BCUT2D eigenvalue weighted by molar-refractivity contribution is 0.712. The zero-order valence-corrected chi connectivity index (χ0v) is 10.9. The third-order valence-corrected chi connectivity index (χ3v) is 3.54. The second kappa shape index (κ2) is 5.03. The van der Waals surface area contributed by atoms with Gasteiger partial charge < -0.3 is 10.2 Å². The Morgan fingerprint density at radius 2 is 2.11 bits per heavy atom. The highest BCUT2D eigenvalue weighted by Crippen LogP contribution is 2.32. The van der Waals surface area contributed by atoms with E-state index in [-0.39, 0.29) is 10.6 Å². The van der Waals surface area contributed by atoms with Crippen LogP contribution in [0.15, 0.2) is 35.3 Å². The molecule has 3 rings (SSSR count). The van der Waals surface area contributed by atoms with Crippen LogP contribution >= 0.6 is 11.6 Å². The molecule has 2 N–H and O–H groups in total. The van der Waals surface area contributed by atoms with E-state index in [1.807, 2.05) is 23.1 Å². The van der Waals surface area contributed by atoms with Gasteiger partial charge in [0.15, 0.2) is 0 Å². The van der Waals surface area contributed by atoms with Gasteiger partial charge in [-0.05, 0) is 11.6 Å². The van der Waals surface area contributed by atoms with Crippen LogP contribution in [0.25, 0.3) is 0 Å². The fourth-order valence-electron chi connectivity index (χ4n) is 2.27. The number of aromatic amines is 1. The van der Waals surface area contributed by atoms with E-state index in [1.54, 1.807) is 6.20 Å². The zero-order chi connectivity index (χ0) is 13.2. The summed E-state index contributed by atoms with van der Waals surface area (Å²) < 4.78 is 0. The predicted molar refractivity (Wildman–Crippen MR) is 75.0 cm³/mol. The summed E-state index contributed by atoms with van der Waals surface area (Å²) in [5, 5.41) is 9.70. The first kappa shape index (κ1) is 12.2. The maximum atomic E-state index is 11.6. The minimum absolute atomic E-state index is 0.173. The molecule has 0 saturated heterocycles. The molecule has 1 aromatic carbocycles. The molecule has 0 fully saturated rings. The minimum atomic E-state index is -0.367. The Morgan fingerprint density at radius 3 is 3.00 bits per heavy atom. The molecule has 1 aliphatic heterocycles. The first-order valence-corrected chi connectivity index (χ1v) is 6.44. The summed E-state index contributed by atoms with van der Waals surface area (Å²) in [4.78, 5) is 13.6. The van der Waals surface area contributed by atoms with Gasteiger partial charge >= 0.3 is 0 Å². The lowest BCUT2D eigenvalue weighted by atomic mass is 10.1. The van der Waals surface area contributed by atoms with E-state index in [0.29, 0.717) is 5.69 Å². The van der Waals surface area contributed by atoms with E-state index in [9.17, 15) is 4.79 Å². The SMILES string of the molecule is O=c1[nH]ncc(N2CCNCc3ccccc32)c1Cl. The van der Waals surface area contributed by atoms with E-state index in [1.165, 1.54) is 5.56 Å². The number of nitrogens with zero attached hydrogens (tertiary/aromatic N) is 2. The number of rotatable bonds is 1. The van der Waals surface area contributed by atoms with Crippen LogP contribution in [0.3, 0.4) is 0 Å². The van der Waals surface area contributed by atoms with Crippen molar-refractivity contribution in [3.05, 3.63) is 51.4 Å². The molecule has 0 aliphatic carbocycles. The largest absolute Gasteiger partial charge is 0.337 e. The zero-order valence-electron chi connectivity index (χ0n) is 10.2. The minimum Gasteiger partial charge on any atom is -0.337 e. The van der Waals surface area contributed by atoms with Crippen molar-refractivity contribution < 1.29 is 0 Å². The molecule has 0 spiro atoms. The molecule has 19 heavy (non-hydrogen) atoms. The number of hydrogen-bond acceptors (Lipinski definition) is 4. The molecule has 2 heterocycles. The van der Waals surface area contributed by atoms with Gasteiger partial charge in [-0.2, -0.15) is 5.10 Å². The summed E-state index contributed by atoms with van der Waals surface area (Å²) >= 11 is 6.10. The van der Waals surface area contributed by atoms with E-state index in [4.69, 9.17) is 11.6 Å². The number of nitrogens with one attached hydrogen (secondary N) is 2. The van der Waals surface area contributed by atoms with E-state index in [0.717, 1.165) is 25.3 Å². The molecule has 1 aromatic heterocycles. The van der Waals surface area contributed by atoms with Crippen molar-refractivity contribution in [2.75, 3.05) is 18.0 Å². The smallest absolute Gasteiger partial charge is 0.285 e. The van der Waals surface area contributed by atoms with Gasteiger partial charge in [0.1, 0.15) is 5.02 Å². The van der Waals surface area contributed by atoms with E-state index < -0.39 is 0 Å². The van der Waals surface area contributed by atoms with Crippen LogP contribution in [-0.2, 0) is 6.54 Å². The number of aromatic nitrogens is 2. The van der Waals surface area contributed by atoms with Crippen LogP contribution in [0, 0.1) is 0 Å². The molecule has 0 amide bonds. The molecule has 98 valence electrons. The van der Waals surface area contributed by atoms with Gasteiger partial charge in [0.25, 0.3) is 5.56 Å². The molecule has 2 aromatic rings. The van der Waals surface area contributed by atoms with Crippen LogP contribution in [0.1, 0.15) is 5.56 Å². The van der Waals surface area contributed by atoms with Crippen molar-refractivity contribution in [2.45, 2.75) is 6.54 Å². The number of hydrogen-bond donors (Lipinski definition) is 2. The number of benzene rings is 1. The molecule has 0 unspecified atom stereocenters. The van der Waals surface area contributed by atoms with E-state index in [2.05, 4.69) is 21.6 Å². The van der Waals surface area contributed by atoms with Gasteiger partial charge in [0.2, 0.25) is 0 Å². The van der Waals surface area contributed by atoms with Crippen LogP contribution in [0.2, 0.25) is 5.02 Å². The van der Waals surface area contributed by atoms with Crippen molar-refractivity contribution in [1.82, 2.24) is 15.5 Å². The van der Waals surface area contributed by atoms with Crippen LogP contribution in [0.4, 0.5) is 11.4 Å². The standard InChI is InChI=1S/C13H13ClN4O/c14-12-11(8-16-17-13(12)19)18-6-5-15-7-9-3-1-2-4-10(9)18/h1-4,8,15H,5-7H2,(H,17,19). The molecule has 6 heteroatoms. The first-order valence-electron chi connectivity index (χ1n) is 6.07. The van der Waals surface area contributed by atoms with Gasteiger partial charge in [-0.3, -0.25) is 4.79 Å². The summed E-state index contributed by atoms with van der Waals surface area (Å²) in [6, 6.07) is 8.07. The van der Waals surface area contributed by atoms with Crippen molar-refractivity contribution >= 4 is 23.0 Å². The molecule has 1 aliphatic rings. The van der Waals surface area contributed by atoms with Gasteiger partial charge in [0, 0.05) is 25.3 Å². The van der Waals surface area contributed by atoms with Crippen molar-refractivity contribution in [1.29, 1.82) is 0 Å². The topological polar surface area (TPSA) is 61.0 Å². The van der Waals surface area contributed by atoms with E-state index >= 15 is 0 Å². The predicted octanol–water partition coefficient (Wildman–Crippen LogP) is 1.66. The number of halogens is 1. The Kier molecular flexibility index (Phi) is 3.23. The lowest BCUT2D eigenvalue weighted by Crippen LogP contribution is -2.26. The maximum absolute atomic E-state index is 11.6. The fourth-order valence-corrected chi connectivity index (χ4v) is 2.46. The molecule has 0 saturated carbocycles. The Balaban J connectivity index is 2.14. The average molecular weight is 277 g/mol. The maximum Gasteiger partial charge on any atom is 0.285 e. The summed E-state index contributed by atoms with van der Waals surface area (Å²) in [6.07, 6.45) is 1.59. The summed E-state index contributed by atoms with van der Waals surface area (Å²) in [5.41, 5.74) is 2.51. The number of H-pyrrole nitrogens is 1. The average Bonchev–Trinajstić information content (AvgIpc) is 2.64. The molecular weight excluding hydrogens is 264 g/mol. The quantitative estimate of drug-likeness (QED) is 0.832. The molecule has 0 atom stereocenters. The Bertz CT molecular complexity index is 655. The van der Waals surface area contributed by atoms with Gasteiger partial charge in [-0.15, -0.1) is 0 Å². The number of anilines is 2. The third kappa shape index (κ3) is 2.22. The second-order valence-corrected chi connectivity index (χ2v) is 4.73. The lowest BCUT2D eigenvalue weighted by Gasteiger charge is -2.24. The highest BCUT2D eigenvalue weighted by atomic mass is 35.5. The molecule has 0 bridgehead atoms. The Hall–Kier alpha value is -1.85. The Labute approximate surface area is 115 Å². The third-order valence-electron chi connectivity index (χ3n) is 3.18. The molecular formula is C13H13ClN4O. The summed E-state index contributed by atoms with van der Waals surface area (Å²) in [6.45, 7) is 2.36. The second-order valence-electron chi connectivity index (χ2n) is 4.36. The highest BCUT2D eigenvalue weighted by molar-refractivity contribution is 6.33. The molecule has 0 radical (unpaired) electrons. The molecule has 5 nitrogen and oxygen atoms in total. The van der Waals surface area contributed by atoms with Gasteiger partial charge in [-0.25, -0.2) is 5.10 Å². The number of fused-ring (bicyclic) bond motifs is 1. The van der Waals surface area contributed by atoms with Crippen LogP contribution in [-0.4, -0.2) is 23.3 Å². The monoisotopic (exact) mass is 276 g/mol. The first-order chi connectivity index (χ1) is 9.27. The van der Waals surface area contributed by atoms with Crippen molar-refractivity contribution in [3.8, 4) is 0 Å². The summed E-state index contributed by atoms with van der Waals surface area (Å²) in [5.74, 6) is 0. The van der Waals surface area contributed by atoms with Gasteiger partial charge in [-0.1, -0.05) is 29.8 Å². The summed E-state index contributed by atoms with van der Waals surface area (Å²) in [7, 11) is 0. The number of para-hydroxylation sites is 1. The van der Waals surface area contributed by atoms with Crippen molar-refractivity contribution in [3.63, 3.8) is 0 Å². The van der Waals surface area contributed by atoms with Crippen LogP contribution < -0.4 is 15.8 Å². The highest BCUT2D eigenvalue weighted by Gasteiger charge is 2.19. The van der Waals surface area contributed by atoms with Gasteiger partial charge in [0.05, 0.1) is 11.9 Å². The fraction of sp³-hybridized carbons (Fsp3) is 0.231.